The molecule has 5 nitrogen and oxygen atoms in total. The molecule has 0 unspecified atom stereocenters. The number of amides is 1. The van der Waals surface area contributed by atoms with E-state index in [-0.39, 0.29) is 5.91 Å². The fourth-order valence-corrected chi connectivity index (χ4v) is 4.20. The van der Waals surface area contributed by atoms with Gasteiger partial charge in [-0.05, 0) is 41.8 Å². The smallest absolute Gasteiger partial charge is 0.287 e. The summed E-state index contributed by atoms with van der Waals surface area (Å²) in [6, 6.07) is 19.9. The van der Waals surface area contributed by atoms with Crippen LogP contribution >= 0.6 is 11.8 Å². The summed E-state index contributed by atoms with van der Waals surface area (Å²) in [5.74, 6) is 3.46. The van der Waals surface area contributed by atoms with Gasteiger partial charge in [0.25, 0.3) is 5.91 Å². The summed E-state index contributed by atoms with van der Waals surface area (Å²) < 4.78 is 11.0. The molecular weight excluding hydrogens is 396 g/mol. The van der Waals surface area contributed by atoms with Crippen LogP contribution in [0.3, 0.4) is 0 Å². The zero-order valence-electron chi connectivity index (χ0n) is 16.8. The molecule has 0 saturated heterocycles. The third-order valence-corrected chi connectivity index (χ3v) is 5.92. The van der Waals surface area contributed by atoms with Crippen LogP contribution in [0.5, 0.6) is 5.75 Å². The van der Waals surface area contributed by atoms with Crippen molar-refractivity contribution in [3.63, 3.8) is 0 Å². The zero-order valence-corrected chi connectivity index (χ0v) is 17.6. The number of thioether (sulfide) groups is 1. The van der Waals surface area contributed by atoms with Gasteiger partial charge in [0.2, 0.25) is 0 Å². The molecule has 4 aromatic rings. The number of carbonyl (C=O) groups is 1. The van der Waals surface area contributed by atoms with Crippen LogP contribution in [0.4, 0.5) is 0 Å². The van der Waals surface area contributed by atoms with Gasteiger partial charge in [-0.2, -0.15) is 0 Å². The number of carbonyl (C=O) groups excluding carboxylic acids is 1. The van der Waals surface area contributed by atoms with E-state index in [1.54, 1.807) is 24.9 Å². The highest BCUT2D eigenvalue weighted by Gasteiger charge is 2.12. The third kappa shape index (κ3) is 4.89. The second-order valence-electron chi connectivity index (χ2n) is 6.98. The first-order chi connectivity index (χ1) is 14.7. The van der Waals surface area contributed by atoms with E-state index in [2.05, 4.69) is 22.4 Å². The van der Waals surface area contributed by atoms with Gasteiger partial charge in [-0.25, -0.2) is 0 Å². The Labute approximate surface area is 179 Å². The van der Waals surface area contributed by atoms with E-state index in [0.717, 1.165) is 45.9 Å². The molecule has 2 aromatic heterocycles. The minimum absolute atomic E-state index is 0.184. The van der Waals surface area contributed by atoms with Gasteiger partial charge in [-0.3, -0.25) is 4.79 Å². The first kappa shape index (κ1) is 20.2. The summed E-state index contributed by atoms with van der Waals surface area (Å²) in [6.07, 6.45) is 2.71. The van der Waals surface area contributed by atoms with Crippen molar-refractivity contribution in [3.05, 3.63) is 89.5 Å². The topological polar surface area (TPSA) is 67.3 Å². The van der Waals surface area contributed by atoms with Crippen LogP contribution in [0.15, 0.2) is 71.3 Å². The maximum absolute atomic E-state index is 12.4. The van der Waals surface area contributed by atoms with E-state index in [1.165, 1.54) is 5.56 Å². The monoisotopic (exact) mass is 420 g/mol. The van der Waals surface area contributed by atoms with E-state index >= 15 is 0 Å². The van der Waals surface area contributed by atoms with Gasteiger partial charge in [0, 0.05) is 35.5 Å². The standard InChI is InChI=1S/C24H24N2O3S/c1-28-19-7-9-21-18(14-26-22(21)13-19)11-12-25-24(27)23-10-8-20(29-23)16-30-15-17-5-3-2-4-6-17/h2-10,13-14,26H,11-12,15-16H2,1H3,(H,25,27). The Hall–Kier alpha value is -3.12. The number of H-pyrrole nitrogens is 1. The summed E-state index contributed by atoms with van der Waals surface area (Å²) in [4.78, 5) is 15.6. The first-order valence-electron chi connectivity index (χ1n) is 9.85. The fourth-order valence-electron chi connectivity index (χ4n) is 3.32. The van der Waals surface area contributed by atoms with Crippen molar-refractivity contribution in [1.82, 2.24) is 10.3 Å². The minimum Gasteiger partial charge on any atom is -0.497 e. The number of rotatable bonds is 9. The maximum atomic E-state index is 12.4. The molecule has 0 fully saturated rings. The van der Waals surface area contributed by atoms with Crippen LogP contribution in [-0.4, -0.2) is 24.5 Å². The van der Waals surface area contributed by atoms with Crippen molar-refractivity contribution < 1.29 is 13.9 Å². The molecule has 0 radical (unpaired) electrons. The summed E-state index contributed by atoms with van der Waals surface area (Å²) in [7, 11) is 1.66. The normalized spacial score (nSPS) is 11.0. The lowest BCUT2D eigenvalue weighted by molar-refractivity contribution is 0.0925. The lowest BCUT2D eigenvalue weighted by Gasteiger charge is -2.04. The number of methoxy groups -OCH3 is 1. The van der Waals surface area contributed by atoms with E-state index in [4.69, 9.17) is 9.15 Å². The highest BCUT2D eigenvalue weighted by Crippen LogP contribution is 2.23. The number of aromatic nitrogens is 1. The van der Waals surface area contributed by atoms with Crippen molar-refractivity contribution in [3.8, 4) is 5.75 Å². The van der Waals surface area contributed by atoms with Crippen molar-refractivity contribution in [2.75, 3.05) is 13.7 Å². The van der Waals surface area contributed by atoms with Crippen LogP contribution in [0, 0.1) is 0 Å². The summed E-state index contributed by atoms with van der Waals surface area (Å²) in [6.45, 7) is 0.538. The Morgan fingerprint density at radius 2 is 1.97 bits per heavy atom. The number of fused-ring (bicyclic) bond motifs is 1. The number of ether oxygens (including phenoxy) is 1. The summed E-state index contributed by atoms with van der Waals surface area (Å²) in [5, 5.41) is 4.08. The molecule has 6 heteroatoms. The summed E-state index contributed by atoms with van der Waals surface area (Å²) in [5.41, 5.74) is 3.47. The number of hydrogen-bond donors (Lipinski definition) is 2. The van der Waals surface area contributed by atoms with Crippen molar-refractivity contribution >= 4 is 28.6 Å². The van der Waals surface area contributed by atoms with Crippen LogP contribution in [-0.2, 0) is 17.9 Å². The number of furan rings is 1. The van der Waals surface area contributed by atoms with Gasteiger partial charge >= 0.3 is 0 Å². The lowest BCUT2D eigenvalue weighted by Crippen LogP contribution is -2.25. The lowest BCUT2D eigenvalue weighted by atomic mass is 10.1. The first-order valence-corrected chi connectivity index (χ1v) is 11.0. The van der Waals surface area contributed by atoms with E-state index in [0.29, 0.717) is 12.3 Å². The van der Waals surface area contributed by atoms with Crippen molar-refractivity contribution in [2.45, 2.75) is 17.9 Å². The average Bonchev–Trinajstić information content (AvgIpc) is 3.41. The largest absolute Gasteiger partial charge is 0.497 e. The van der Waals surface area contributed by atoms with Crippen molar-refractivity contribution in [1.29, 1.82) is 0 Å². The molecule has 154 valence electrons. The second kappa shape index (κ2) is 9.59. The van der Waals surface area contributed by atoms with Crippen molar-refractivity contribution in [2.24, 2.45) is 0 Å². The maximum Gasteiger partial charge on any atom is 0.287 e. The van der Waals surface area contributed by atoms with Crippen LogP contribution < -0.4 is 10.1 Å². The zero-order chi connectivity index (χ0) is 20.8. The Bertz CT molecular complexity index is 1120. The van der Waals surface area contributed by atoms with Crippen LogP contribution in [0.25, 0.3) is 10.9 Å². The van der Waals surface area contributed by atoms with Gasteiger partial charge in [0.05, 0.1) is 12.9 Å². The minimum atomic E-state index is -0.184. The molecule has 0 aliphatic rings. The average molecular weight is 421 g/mol. The summed E-state index contributed by atoms with van der Waals surface area (Å²) >= 11 is 1.77. The molecule has 0 bridgehead atoms. The molecule has 0 atom stereocenters. The van der Waals surface area contributed by atoms with E-state index in [9.17, 15) is 4.79 Å². The molecule has 2 N–H and O–H groups in total. The second-order valence-corrected chi connectivity index (χ2v) is 7.96. The molecule has 4 rings (SSSR count). The third-order valence-electron chi connectivity index (χ3n) is 4.90. The van der Waals surface area contributed by atoms with Gasteiger partial charge < -0.3 is 19.5 Å². The number of aromatic amines is 1. The molecule has 0 aliphatic heterocycles. The number of nitrogens with one attached hydrogen (secondary N) is 2. The number of benzene rings is 2. The SMILES string of the molecule is COc1ccc2c(CCNC(=O)c3ccc(CSCc4ccccc4)o3)c[nH]c2c1. The van der Waals surface area contributed by atoms with Crippen LogP contribution in [0.2, 0.25) is 0 Å². The molecule has 30 heavy (non-hydrogen) atoms. The Kier molecular flexibility index (Phi) is 6.44. The molecule has 2 heterocycles. The van der Waals surface area contributed by atoms with Gasteiger partial charge in [-0.15, -0.1) is 11.8 Å². The Balaban J connectivity index is 1.25. The van der Waals surface area contributed by atoms with Gasteiger partial charge in [0.15, 0.2) is 5.76 Å². The predicted octanol–water partition coefficient (Wildman–Crippen LogP) is 5.18. The van der Waals surface area contributed by atoms with E-state index in [1.807, 2.05) is 48.7 Å². The quantitative estimate of drug-likeness (QED) is 0.392. The Morgan fingerprint density at radius 3 is 2.80 bits per heavy atom. The molecule has 1 amide bonds. The molecule has 2 aromatic carbocycles. The fraction of sp³-hybridized carbons (Fsp3) is 0.208. The highest BCUT2D eigenvalue weighted by molar-refractivity contribution is 7.97. The molecule has 0 aliphatic carbocycles. The van der Waals surface area contributed by atoms with Gasteiger partial charge in [0.1, 0.15) is 11.5 Å². The number of hydrogen-bond acceptors (Lipinski definition) is 4. The Morgan fingerprint density at radius 1 is 1.10 bits per heavy atom. The molecular formula is C24H24N2O3S. The molecule has 0 spiro atoms. The van der Waals surface area contributed by atoms with E-state index < -0.39 is 0 Å². The molecule has 0 saturated carbocycles. The van der Waals surface area contributed by atoms with Gasteiger partial charge in [-0.1, -0.05) is 30.3 Å². The highest BCUT2D eigenvalue weighted by atomic mass is 32.2. The van der Waals surface area contributed by atoms with Crippen LogP contribution in [0.1, 0.15) is 27.4 Å². The predicted molar refractivity (Wildman–Crippen MR) is 121 cm³/mol.